The minimum atomic E-state index is -4.08. The van der Waals surface area contributed by atoms with E-state index in [0.29, 0.717) is 0 Å². The van der Waals surface area contributed by atoms with Gasteiger partial charge in [-0.1, -0.05) is 0 Å². The first-order chi connectivity index (χ1) is 9.46. The summed E-state index contributed by atoms with van der Waals surface area (Å²) in [4.78, 5) is 6.42. The van der Waals surface area contributed by atoms with Crippen molar-refractivity contribution in [1.29, 1.82) is 0 Å². The summed E-state index contributed by atoms with van der Waals surface area (Å²) in [5.41, 5.74) is 0. The quantitative estimate of drug-likeness (QED) is 0.220. The Morgan fingerprint density at radius 2 is 1.62 bits per heavy atom. The van der Waals surface area contributed by atoms with E-state index < -0.39 is 36.0 Å². The SMILES string of the molecule is OC(O)[C@H]1OC(O)C(O)(O)C(O)(O)C1(O)O.c1c[nH]cn1. The number of imidazole rings is 1. The minimum absolute atomic E-state index is 1.62. The smallest absolute Gasteiger partial charge is 0.282 e. The van der Waals surface area contributed by atoms with Crippen molar-refractivity contribution in [1.82, 2.24) is 9.97 Å². The first-order valence-corrected chi connectivity index (χ1v) is 5.43. The van der Waals surface area contributed by atoms with Crippen LogP contribution in [0.4, 0.5) is 0 Å². The van der Waals surface area contributed by atoms with E-state index in [-0.39, 0.29) is 0 Å². The summed E-state index contributed by atoms with van der Waals surface area (Å²) in [6.07, 6.45) is -2.74. The number of aliphatic hydroxyl groups excluding tert-OH is 2. The maximum atomic E-state index is 9.17. The molecule has 1 aromatic heterocycles. The second-order valence-electron chi connectivity index (χ2n) is 4.21. The van der Waals surface area contributed by atoms with Crippen LogP contribution in [0.2, 0.25) is 0 Å². The fraction of sp³-hybridized carbons (Fsp3) is 0.667. The number of aromatic nitrogens is 2. The molecule has 2 atom stereocenters. The highest BCUT2D eigenvalue weighted by molar-refractivity contribution is 5.04. The number of aromatic amines is 1. The summed E-state index contributed by atoms with van der Waals surface area (Å²) in [7, 11) is 0. The molecule has 1 aromatic rings. The Bertz CT molecular complexity index is 415. The normalized spacial score (nSPS) is 29.6. The average Bonchev–Trinajstić information content (AvgIpc) is 2.91. The van der Waals surface area contributed by atoms with Gasteiger partial charge in [0.25, 0.3) is 17.4 Å². The minimum Gasteiger partial charge on any atom is -0.366 e. The molecule has 0 aliphatic carbocycles. The Kier molecular flexibility index (Phi) is 5.01. The van der Waals surface area contributed by atoms with E-state index in [4.69, 9.17) is 46.0 Å². The highest BCUT2D eigenvalue weighted by atomic mass is 16.7. The Labute approximate surface area is 116 Å². The number of aliphatic hydroxyl groups is 9. The lowest BCUT2D eigenvalue weighted by atomic mass is 9.88. The molecule has 2 rings (SSSR count). The molecule has 1 aliphatic rings. The van der Waals surface area contributed by atoms with Crippen molar-refractivity contribution in [2.24, 2.45) is 0 Å². The Morgan fingerprint density at radius 1 is 1.05 bits per heavy atom. The summed E-state index contributed by atoms with van der Waals surface area (Å²) in [5.74, 6) is -11.8. The van der Waals surface area contributed by atoms with Gasteiger partial charge in [-0.2, -0.15) is 0 Å². The van der Waals surface area contributed by atoms with Crippen LogP contribution in [0.3, 0.4) is 0 Å². The predicted molar refractivity (Wildman–Crippen MR) is 59.2 cm³/mol. The number of ether oxygens (including phenoxy) is 1. The van der Waals surface area contributed by atoms with E-state index >= 15 is 0 Å². The molecule has 0 radical (unpaired) electrons. The van der Waals surface area contributed by atoms with Crippen molar-refractivity contribution in [3.63, 3.8) is 0 Å². The average molecular weight is 312 g/mol. The molecule has 12 heteroatoms. The van der Waals surface area contributed by atoms with Crippen LogP contribution in [0.15, 0.2) is 18.7 Å². The Hall–Kier alpha value is -1.19. The summed E-state index contributed by atoms with van der Waals surface area (Å²) < 4.78 is 4.05. The maximum Gasteiger partial charge on any atom is 0.282 e. The van der Waals surface area contributed by atoms with Crippen LogP contribution >= 0.6 is 0 Å². The van der Waals surface area contributed by atoms with Gasteiger partial charge in [-0.05, 0) is 0 Å². The third-order valence-corrected chi connectivity index (χ3v) is 2.72. The van der Waals surface area contributed by atoms with Crippen LogP contribution in [0.25, 0.3) is 0 Å². The number of nitrogens with zero attached hydrogens (tertiary/aromatic N) is 1. The molecule has 21 heavy (non-hydrogen) atoms. The lowest BCUT2D eigenvalue weighted by molar-refractivity contribution is -0.543. The molecule has 2 heterocycles. The molecular formula is C9H16N2O10. The van der Waals surface area contributed by atoms with Gasteiger partial charge in [0.2, 0.25) is 6.29 Å². The summed E-state index contributed by atoms with van der Waals surface area (Å²) in [6, 6.07) is 0. The first-order valence-electron chi connectivity index (χ1n) is 5.43. The summed E-state index contributed by atoms with van der Waals surface area (Å²) in [5, 5.41) is 80.8. The zero-order valence-electron chi connectivity index (χ0n) is 10.3. The number of rotatable bonds is 1. The summed E-state index contributed by atoms with van der Waals surface area (Å²) in [6.45, 7) is 0. The summed E-state index contributed by atoms with van der Waals surface area (Å²) >= 11 is 0. The van der Waals surface area contributed by atoms with Crippen molar-refractivity contribution in [2.75, 3.05) is 0 Å². The van der Waals surface area contributed by atoms with Gasteiger partial charge in [0.1, 0.15) is 0 Å². The van der Waals surface area contributed by atoms with Crippen molar-refractivity contribution < 1.29 is 50.7 Å². The number of H-pyrrole nitrogens is 1. The largest absolute Gasteiger partial charge is 0.366 e. The molecule has 0 spiro atoms. The molecule has 1 saturated heterocycles. The Morgan fingerprint density at radius 3 is 1.95 bits per heavy atom. The van der Waals surface area contributed by atoms with Crippen LogP contribution in [0, 0.1) is 0 Å². The van der Waals surface area contributed by atoms with Crippen molar-refractivity contribution in [3.8, 4) is 0 Å². The number of nitrogens with one attached hydrogen (secondary N) is 1. The van der Waals surface area contributed by atoms with Crippen LogP contribution in [0.1, 0.15) is 0 Å². The highest BCUT2D eigenvalue weighted by Gasteiger charge is 2.73. The van der Waals surface area contributed by atoms with E-state index in [1.165, 1.54) is 0 Å². The zero-order chi connectivity index (χ0) is 16.5. The molecule has 0 aromatic carbocycles. The van der Waals surface area contributed by atoms with Gasteiger partial charge in [0.15, 0.2) is 12.4 Å². The van der Waals surface area contributed by atoms with Gasteiger partial charge in [0, 0.05) is 12.4 Å². The standard InChI is InChI=1S/C6H12O10.C3H4N2/c7-2(8)1-4(10,11)6(14,15)5(12,13)3(9)16-1;1-2-5-3-4-1/h1-3,7-15H;1-3H,(H,4,5)/t1-,3?;/m1./s1. The lowest BCUT2D eigenvalue weighted by Gasteiger charge is -2.51. The van der Waals surface area contributed by atoms with Crippen LogP contribution in [-0.4, -0.2) is 92.0 Å². The van der Waals surface area contributed by atoms with Gasteiger partial charge in [-0.25, -0.2) is 4.98 Å². The maximum absolute atomic E-state index is 9.17. The molecule has 122 valence electrons. The Balaban J connectivity index is 0.000000369. The fourth-order valence-corrected chi connectivity index (χ4v) is 1.46. The molecule has 0 amide bonds. The predicted octanol–water partition coefficient (Wildman–Crippen LogP) is -5.53. The second kappa shape index (κ2) is 5.90. The van der Waals surface area contributed by atoms with Crippen molar-refractivity contribution >= 4 is 0 Å². The van der Waals surface area contributed by atoms with Gasteiger partial charge in [-0.3, -0.25) is 0 Å². The third-order valence-electron chi connectivity index (χ3n) is 2.72. The van der Waals surface area contributed by atoms with Gasteiger partial charge >= 0.3 is 0 Å². The first kappa shape index (κ1) is 17.9. The van der Waals surface area contributed by atoms with E-state index in [0.717, 1.165) is 0 Å². The second-order valence-corrected chi connectivity index (χ2v) is 4.21. The molecule has 1 unspecified atom stereocenters. The molecule has 1 fully saturated rings. The van der Waals surface area contributed by atoms with Crippen LogP contribution in [-0.2, 0) is 4.74 Å². The fourth-order valence-electron chi connectivity index (χ4n) is 1.46. The number of hydrogen-bond acceptors (Lipinski definition) is 11. The zero-order valence-corrected chi connectivity index (χ0v) is 10.3. The number of hydrogen-bond donors (Lipinski definition) is 10. The van der Waals surface area contributed by atoms with E-state index in [2.05, 4.69) is 14.7 Å². The third kappa shape index (κ3) is 3.04. The molecule has 0 saturated carbocycles. The lowest BCUT2D eigenvalue weighted by Crippen LogP contribution is -2.81. The van der Waals surface area contributed by atoms with Crippen LogP contribution < -0.4 is 0 Å². The van der Waals surface area contributed by atoms with E-state index in [1.54, 1.807) is 18.7 Å². The molecular weight excluding hydrogens is 296 g/mol. The monoisotopic (exact) mass is 312 g/mol. The molecule has 0 bridgehead atoms. The molecule has 12 nitrogen and oxygen atoms in total. The van der Waals surface area contributed by atoms with Crippen molar-refractivity contribution in [3.05, 3.63) is 18.7 Å². The van der Waals surface area contributed by atoms with Gasteiger partial charge in [-0.15, -0.1) is 0 Å². The highest BCUT2D eigenvalue weighted by Crippen LogP contribution is 2.40. The topological polar surface area (TPSA) is 220 Å². The van der Waals surface area contributed by atoms with Gasteiger partial charge in [0.05, 0.1) is 6.33 Å². The van der Waals surface area contributed by atoms with Crippen molar-refractivity contribution in [2.45, 2.75) is 36.0 Å². The van der Waals surface area contributed by atoms with Crippen LogP contribution in [0.5, 0.6) is 0 Å². The molecule has 10 N–H and O–H groups in total. The van der Waals surface area contributed by atoms with E-state index in [9.17, 15) is 0 Å². The van der Waals surface area contributed by atoms with E-state index in [1.807, 2.05) is 0 Å². The molecule has 1 aliphatic heterocycles. The van der Waals surface area contributed by atoms with Gasteiger partial charge < -0.3 is 55.7 Å².